The Hall–Kier alpha value is -3.22. The number of piperazine rings is 1. The van der Waals surface area contributed by atoms with Crippen molar-refractivity contribution in [2.45, 2.75) is 6.92 Å². The third-order valence-corrected chi connectivity index (χ3v) is 4.86. The predicted molar refractivity (Wildman–Crippen MR) is 109 cm³/mol. The summed E-state index contributed by atoms with van der Waals surface area (Å²) in [6.45, 7) is 4.42. The smallest absolute Gasteiger partial charge is 0.254 e. The van der Waals surface area contributed by atoms with Crippen molar-refractivity contribution in [3.8, 4) is 17.2 Å². The van der Waals surface area contributed by atoms with Crippen LogP contribution in [-0.2, 0) is 0 Å². The Morgan fingerprint density at radius 1 is 0.759 bits per heavy atom. The summed E-state index contributed by atoms with van der Waals surface area (Å²) in [4.78, 5) is 29.1. The Morgan fingerprint density at radius 3 is 1.69 bits per heavy atom. The molecule has 1 fully saturated rings. The standard InChI is InChI=1S/C22H26N2O5/c1-4-29-18-7-5-16(6-8-18)21(25)23-9-11-24(12-10-23)22(26)17-13-19(27-2)15-20(14-17)28-3/h5-8,13-15H,4,9-12H2,1-3H3. The van der Waals surface area contributed by atoms with Crippen LogP contribution in [0.4, 0.5) is 0 Å². The Balaban J connectivity index is 1.62. The van der Waals surface area contributed by atoms with Gasteiger partial charge < -0.3 is 24.0 Å². The van der Waals surface area contributed by atoms with Gasteiger partial charge in [0.1, 0.15) is 17.2 Å². The molecule has 0 aliphatic carbocycles. The van der Waals surface area contributed by atoms with E-state index in [0.717, 1.165) is 5.75 Å². The molecule has 154 valence electrons. The van der Waals surface area contributed by atoms with Crippen molar-refractivity contribution >= 4 is 11.8 Å². The minimum Gasteiger partial charge on any atom is -0.497 e. The SMILES string of the molecule is CCOc1ccc(C(=O)N2CCN(C(=O)c3cc(OC)cc(OC)c3)CC2)cc1. The molecule has 0 unspecified atom stereocenters. The normalized spacial score (nSPS) is 13.8. The fraction of sp³-hybridized carbons (Fsp3) is 0.364. The Labute approximate surface area is 170 Å². The highest BCUT2D eigenvalue weighted by Gasteiger charge is 2.26. The molecule has 2 aromatic carbocycles. The quantitative estimate of drug-likeness (QED) is 0.748. The molecule has 1 heterocycles. The van der Waals surface area contributed by atoms with E-state index in [-0.39, 0.29) is 11.8 Å². The largest absolute Gasteiger partial charge is 0.497 e. The highest BCUT2D eigenvalue weighted by molar-refractivity contribution is 5.96. The lowest BCUT2D eigenvalue weighted by atomic mass is 10.1. The van der Waals surface area contributed by atoms with E-state index >= 15 is 0 Å². The fourth-order valence-corrected chi connectivity index (χ4v) is 3.27. The first-order valence-electron chi connectivity index (χ1n) is 9.60. The molecule has 0 N–H and O–H groups in total. The van der Waals surface area contributed by atoms with Crippen molar-refractivity contribution < 1.29 is 23.8 Å². The summed E-state index contributed by atoms with van der Waals surface area (Å²) in [7, 11) is 3.10. The maximum atomic E-state index is 12.9. The van der Waals surface area contributed by atoms with Gasteiger partial charge in [-0.2, -0.15) is 0 Å². The monoisotopic (exact) mass is 398 g/mol. The van der Waals surface area contributed by atoms with Crippen molar-refractivity contribution in [1.29, 1.82) is 0 Å². The second-order valence-electron chi connectivity index (χ2n) is 6.64. The number of nitrogens with zero attached hydrogens (tertiary/aromatic N) is 2. The summed E-state index contributed by atoms with van der Waals surface area (Å²) in [6, 6.07) is 12.3. The fourth-order valence-electron chi connectivity index (χ4n) is 3.27. The van der Waals surface area contributed by atoms with Gasteiger partial charge in [0.05, 0.1) is 20.8 Å². The summed E-state index contributed by atoms with van der Waals surface area (Å²) in [6.07, 6.45) is 0. The third-order valence-electron chi connectivity index (χ3n) is 4.86. The van der Waals surface area contributed by atoms with Crippen molar-refractivity contribution in [3.05, 3.63) is 53.6 Å². The van der Waals surface area contributed by atoms with Crippen LogP contribution in [0.3, 0.4) is 0 Å². The summed E-state index contributed by atoms with van der Waals surface area (Å²) in [5, 5.41) is 0. The lowest BCUT2D eigenvalue weighted by molar-refractivity contribution is 0.0535. The van der Waals surface area contributed by atoms with Crippen LogP contribution in [0, 0.1) is 0 Å². The van der Waals surface area contributed by atoms with Crippen LogP contribution in [0.25, 0.3) is 0 Å². The Kier molecular flexibility index (Phi) is 6.59. The molecule has 0 aromatic heterocycles. The van der Waals surface area contributed by atoms with Gasteiger partial charge in [0.2, 0.25) is 0 Å². The molecule has 0 saturated carbocycles. The maximum absolute atomic E-state index is 12.9. The molecule has 0 radical (unpaired) electrons. The lowest BCUT2D eigenvalue weighted by Gasteiger charge is -2.35. The predicted octanol–water partition coefficient (Wildman–Crippen LogP) is 2.70. The molecule has 1 aliphatic heterocycles. The van der Waals surface area contributed by atoms with Gasteiger partial charge in [0.15, 0.2) is 0 Å². The van der Waals surface area contributed by atoms with Crippen LogP contribution in [0.1, 0.15) is 27.6 Å². The summed E-state index contributed by atoms with van der Waals surface area (Å²) in [5.74, 6) is 1.74. The molecule has 0 atom stereocenters. The zero-order chi connectivity index (χ0) is 20.8. The average Bonchev–Trinajstić information content (AvgIpc) is 2.78. The first-order chi connectivity index (χ1) is 14.0. The molecule has 7 nitrogen and oxygen atoms in total. The van der Waals surface area contributed by atoms with Crippen molar-refractivity contribution in [1.82, 2.24) is 9.80 Å². The first kappa shape index (κ1) is 20.5. The van der Waals surface area contributed by atoms with Gasteiger partial charge in [-0.1, -0.05) is 0 Å². The van der Waals surface area contributed by atoms with Gasteiger partial charge in [-0.25, -0.2) is 0 Å². The molecule has 1 aliphatic rings. The molecular weight excluding hydrogens is 372 g/mol. The van der Waals surface area contributed by atoms with E-state index in [1.807, 2.05) is 6.92 Å². The maximum Gasteiger partial charge on any atom is 0.254 e. The van der Waals surface area contributed by atoms with Crippen LogP contribution >= 0.6 is 0 Å². The summed E-state index contributed by atoms with van der Waals surface area (Å²) < 4.78 is 15.9. The Bertz CT molecular complexity index is 836. The van der Waals surface area contributed by atoms with Gasteiger partial charge in [-0.3, -0.25) is 9.59 Å². The molecule has 0 spiro atoms. The number of methoxy groups -OCH3 is 2. The minimum atomic E-state index is -0.102. The number of rotatable bonds is 6. The number of amides is 2. The minimum absolute atomic E-state index is 0.0387. The second kappa shape index (κ2) is 9.32. The van der Waals surface area contributed by atoms with E-state index in [2.05, 4.69) is 0 Å². The molecule has 7 heteroatoms. The molecule has 2 amide bonds. The highest BCUT2D eigenvalue weighted by Crippen LogP contribution is 2.24. The van der Waals surface area contributed by atoms with Crippen LogP contribution in [0.15, 0.2) is 42.5 Å². The van der Waals surface area contributed by atoms with E-state index in [9.17, 15) is 9.59 Å². The van der Waals surface area contributed by atoms with Crippen molar-refractivity contribution in [2.75, 3.05) is 47.0 Å². The van der Waals surface area contributed by atoms with Crippen molar-refractivity contribution in [2.24, 2.45) is 0 Å². The molecule has 2 aromatic rings. The summed E-state index contributed by atoms with van der Waals surface area (Å²) >= 11 is 0. The molecule has 1 saturated heterocycles. The van der Waals surface area contributed by atoms with E-state index < -0.39 is 0 Å². The van der Waals surface area contributed by atoms with Gasteiger partial charge in [-0.05, 0) is 43.3 Å². The molecular formula is C22H26N2O5. The van der Waals surface area contributed by atoms with E-state index in [0.29, 0.717) is 55.4 Å². The van der Waals surface area contributed by atoms with E-state index in [1.54, 1.807) is 66.5 Å². The molecule has 29 heavy (non-hydrogen) atoms. The molecule has 0 bridgehead atoms. The number of hydrogen-bond acceptors (Lipinski definition) is 5. The number of carbonyl (C=O) groups is 2. The van der Waals surface area contributed by atoms with E-state index in [1.165, 1.54) is 0 Å². The third kappa shape index (κ3) is 4.80. The average molecular weight is 398 g/mol. The topological polar surface area (TPSA) is 68.3 Å². The second-order valence-corrected chi connectivity index (χ2v) is 6.64. The van der Waals surface area contributed by atoms with Gasteiger partial charge in [0.25, 0.3) is 11.8 Å². The Morgan fingerprint density at radius 2 is 1.24 bits per heavy atom. The van der Waals surface area contributed by atoms with Crippen LogP contribution in [0.2, 0.25) is 0 Å². The van der Waals surface area contributed by atoms with Crippen molar-refractivity contribution in [3.63, 3.8) is 0 Å². The zero-order valence-corrected chi connectivity index (χ0v) is 17.0. The lowest BCUT2D eigenvalue weighted by Crippen LogP contribution is -2.50. The first-order valence-corrected chi connectivity index (χ1v) is 9.60. The number of hydrogen-bond donors (Lipinski definition) is 0. The highest BCUT2D eigenvalue weighted by atomic mass is 16.5. The van der Waals surface area contributed by atoms with Crippen LogP contribution in [0.5, 0.6) is 17.2 Å². The van der Waals surface area contributed by atoms with E-state index in [4.69, 9.17) is 14.2 Å². The number of benzene rings is 2. The molecule has 3 rings (SSSR count). The van der Waals surface area contributed by atoms with Gasteiger partial charge in [0, 0.05) is 43.4 Å². The summed E-state index contributed by atoms with van der Waals surface area (Å²) in [5.41, 5.74) is 1.12. The number of carbonyl (C=O) groups excluding carboxylic acids is 2. The van der Waals surface area contributed by atoms with Crippen LogP contribution in [-0.4, -0.2) is 68.6 Å². The van der Waals surface area contributed by atoms with Gasteiger partial charge in [-0.15, -0.1) is 0 Å². The number of ether oxygens (including phenoxy) is 3. The van der Waals surface area contributed by atoms with Crippen LogP contribution < -0.4 is 14.2 Å². The zero-order valence-electron chi connectivity index (χ0n) is 17.0. The van der Waals surface area contributed by atoms with Gasteiger partial charge >= 0.3 is 0 Å².